The zero-order chi connectivity index (χ0) is 13.1. The molecule has 0 amide bonds. The summed E-state index contributed by atoms with van der Waals surface area (Å²) in [4.78, 5) is 31.6. The minimum Gasteiger partial charge on any atom is -0.382 e. The van der Waals surface area contributed by atoms with E-state index in [1.807, 2.05) is 0 Å². The third-order valence-electron chi connectivity index (χ3n) is 2.70. The number of nitrogens with one attached hydrogen (secondary N) is 1. The number of nitrogens with zero attached hydrogens (tertiary/aromatic N) is 2. The number of rotatable bonds is 4. The molecule has 1 aromatic rings. The van der Waals surface area contributed by atoms with Crippen LogP contribution in [-0.4, -0.2) is 28.1 Å². The molecule has 1 aromatic heterocycles. The Morgan fingerprint density at radius 1 is 1.17 bits per heavy atom. The Morgan fingerprint density at radius 2 is 1.83 bits per heavy atom. The summed E-state index contributed by atoms with van der Waals surface area (Å²) in [5.41, 5.74) is 0.586. The van der Waals surface area contributed by atoms with E-state index in [1.54, 1.807) is 0 Å². The van der Waals surface area contributed by atoms with Crippen LogP contribution in [0.4, 0.5) is 0 Å². The van der Waals surface area contributed by atoms with Gasteiger partial charge >= 0.3 is 0 Å². The van der Waals surface area contributed by atoms with Crippen LogP contribution in [0.1, 0.15) is 41.2 Å². The Labute approximate surface area is 105 Å². The van der Waals surface area contributed by atoms with E-state index in [0.29, 0.717) is 18.2 Å². The van der Waals surface area contributed by atoms with Gasteiger partial charge in [-0.3, -0.25) is 9.59 Å². The van der Waals surface area contributed by atoms with Gasteiger partial charge < -0.3 is 5.32 Å². The first-order valence-electron chi connectivity index (χ1n) is 5.95. The average molecular weight is 245 g/mol. The highest BCUT2D eigenvalue weighted by Crippen LogP contribution is 2.15. The molecule has 0 radical (unpaired) electrons. The van der Waals surface area contributed by atoms with Crippen molar-refractivity contribution in [3.63, 3.8) is 0 Å². The Kier molecular flexibility index (Phi) is 3.50. The Bertz CT molecular complexity index is 521. The van der Waals surface area contributed by atoms with Crippen molar-refractivity contribution in [1.29, 1.82) is 0 Å². The molecule has 0 aliphatic heterocycles. The topological polar surface area (TPSA) is 72.0 Å². The van der Waals surface area contributed by atoms with Crippen LogP contribution in [0.3, 0.4) is 0 Å². The lowest BCUT2D eigenvalue weighted by atomic mass is 10.0. The summed E-state index contributed by atoms with van der Waals surface area (Å²) in [5, 5.41) is 3.00. The second-order valence-electron chi connectivity index (χ2n) is 4.61. The molecule has 1 aliphatic rings. The number of Topliss-reactive ketones (excluding diaryl/α,β-unsaturated/α-hetero) is 1. The zero-order valence-electron chi connectivity index (χ0n) is 10.4. The van der Waals surface area contributed by atoms with Crippen molar-refractivity contribution in [3.05, 3.63) is 35.6 Å². The summed E-state index contributed by atoms with van der Waals surface area (Å²) in [6.07, 6.45) is 5.07. The second-order valence-corrected chi connectivity index (χ2v) is 4.61. The molecule has 1 heterocycles. The van der Waals surface area contributed by atoms with Gasteiger partial charge in [0, 0.05) is 25.0 Å². The summed E-state index contributed by atoms with van der Waals surface area (Å²) < 4.78 is 0. The molecule has 1 aliphatic carbocycles. The number of hydrogen-bond donors (Lipinski definition) is 1. The van der Waals surface area contributed by atoms with Crippen molar-refractivity contribution in [3.8, 4) is 0 Å². The maximum atomic E-state index is 12.1. The predicted molar refractivity (Wildman–Crippen MR) is 66.2 cm³/mol. The van der Waals surface area contributed by atoms with Crippen LogP contribution in [-0.2, 0) is 0 Å². The molecule has 0 atom stereocenters. The zero-order valence-corrected chi connectivity index (χ0v) is 10.4. The predicted octanol–water partition coefficient (Wildman–Crippen LogP) is 1.38. The van der Waals surface area contributed by atoms with Crippen LogP contribution in [0.15, 0.2) is 24.2 Å². The average Bonchev–Trinajstić information content (AvgIpc) is 2.35. The molecule has 0 fully saturated rings. The minimum atomic E-state index is -0.273. The molecule has 0 saturated heterocycles. The molecule has 5 nitrogen and oxygen atoms in total. The second kappa shape index (κ2) is 5.08. The Hall–Kier alpha value is -2.04. The van der Waals surface area contributed by atoms with Crippen molar-refractivity contribution in [2.24, 2.45) is 5.92 Å². The van der Waals surface area contributed by atoms with Gasteiger partial charge in [0.05, 0.1) is 5.70 Å². The van der Waals surface area contributed by atoms with Crippen molar-refractivity contribution >= 4 is 11.6 Å². The van der Waals surface area contributed by atoms with Gasteiger partial charge in [0.25, 0.3) is 0 Å². The molecule has 0 spiro atoms. The highest BCUT2D eigenvalue weighted by Gasteiger charge is 2.27. The third-order valence-corrected chi connectivity index (χ3v) is 2.70. The van der Waals surface area contributed by atoms with Crippen molar-refractivity contribution in [2.45, 2.75) is 20.3 Å². The molecule has 2 rings (SSSR count). The van der Waals surface area contributed by atoms with Gasteiger partial charge in [-0.15, -0.1) is 0 Å². The summed E-state index contributed by atoms with van der Waals surface area (Å²) >= 11 is 0. The fourth-order valence-electron chi connectivity index (χ4n) is 1.70. The highest BCUT2D eigenvalue weighted by atomic mass is 16.1. The quantitative estimate of drug-likeness (QED) is 0.867. The van der Waals surface area contributed by atoms with E-state index in [1.165, 1.54) is 18.5 Å². The molecule has 5 heteroatoms. The van der Waals surface area contributed by atoms with Crippen molar-refractivity contribution in [2.75, 3.05) is 6.54 Å². The van der Waals surface area contributed by atoms with Crippen molar-refractivity contribution in [1.82, 2.24) is 15.3 Å². The first-order chi connectivity index (χ1) is 8.59. The molecule has 1 N–H and O–H groups in total. The Balaban J connectivity index is 2.16. The van der Waals surface area contributed by atoms with Gasteiger partial charge in [-0.25, -0.2) is 9.97 Å². The molecule has 0 saturated carbocycles. The number of fused-ring (bicyclic) bond motifs is 1. The molecular weight excluding hydrogens is 230 g/mol. The van der Waals surface area contributed by atoms with E-state index in [-0.39, 0.29) is 23.0 Å². The normalized spacial score (nSPS) is 14.5. The summed E-state index contributed by atoms with van der Waals surface area (Å²) in [7, 11) is 0. The van der Waals surface area contributed by atoms with Crippen LogP contribution in [0, 0.1) is 5.92 Å². The van der Waals surface area contributed by atoms with Gasteiger partial charge in [-0.2, -0.15) is 0 Å². The van der Waals surface area contributed by atoms with E-state index in [2.05, 4.69) is 29.1 Å². The maximum Gasteiger partial charge on any atom is 0.229 e. The molecule has 94 valence electrons. The van der Waals surface area contributed by atoms with Gasteiger partial charge in [0.15, 0.2) is 0 Å². The van der Waals surface area contributed by atoms with Crippen LogP contribution in [0.2, 0.25) is 0 Å². The molecule has 0 unspecified atom stereocenters. The SMILES string of the molecule is CC(C)CCNC1=CC(=O)c2nccnc2C1=O. The van der Waals surface area contributed by atoms with Gasteiger partial charge in [0.1, 0.15) is 11.4 Å². The molecule has 18 heavy (non-hydrogen) atoms. The number of carbonyl (C=O) groups is 2. The van der Waals surface area contributed by atoms with Crippen LogP contribution in [0.25, 0.3) is 0 Å². The smallest absolute Gasteiger partial charge is 0.229 e. The fraction of sp³-hybridized carbons (Fsp3) is 0.385. The lowest BCUT2D eigenvalue weighted by Gasteiger charge is -2.15. The van der Waals surface area contributed by atoms with Gasteiger partial charge in [0.2, 0.25) is 11.6 Å². The summed E-state index contributed by atoms with van der Waals surface area (Å²) in [6, 6.07) is 0. The number of carbonyl (C=O) groups excluding carboxylic acids is 2. The summed E-state index contributed by atoms with van der Waals surface area (Å²) in [5.74, 6) is 0.00535. The first-order valence-corrected chi connectivity index (χ1v) is 5.95. The van der Waals surface area contributed by atoms with Crippen molar-refractivity contribution < 1.29 is 9.59 Å². The number of ketones is 2. The molecule has 0 bridgehead atoms. The highest BCUT2D eigenvalue weighted by molar-refractivity contribution is 6.22. The Morgan fingerprint density at radius 3 is 2.50 bits per heavy atom. The van der Waals surface area contributed by atoms with Crippen LogP contribution in [0.5, 0.6) is 0 Å². The standard InChI is InChI=1S/C13H15N3O2/c1-8(2)3-4-14-9-7-10(17)11-12(13(9)18)16-6-5-15-11/h5-8,14H,3-4H2,1-2H3. The fourth-order valence-corrected chi connectivity index (χ4v) is 1.70. The van der Waals surface area contributed by atoms with E-state index in [0.717, 1.165) is 6.42 Å². The third kappa shape index (κ3) is 2.45. The van der Waals surface area contributed by atoms with E-state index >= 15 is 0 Å². The van der Waals surface area contributed by atoms with Crippen LogP contribution >= 0.6 is 0 Å². The van der Waals surface area contributed by atoms with E-state index < -0.39 is 0 Å². The largest absolute Gasteiger partial charge is 0.382 e. The summed E-state index contributed by atoms with van der Waals surface area (Å²) in [6.45, 7) is 4.87. The molecular formula is C13H15N3O2. The van der Waals surface area contributed by atoms with E-state index in [4.69, 9.17) is 0 Å². The first kappa shape index (κ1) is 12.4. The van der Waals surface area contributed by atoms with E-state index in [9.17, 15) is 9.59 Å². The number of aromatic nitrogens is 2. The number of hydrogen-bond acceptors (Lipinski definition) is 5. The number of allylic oxidation sites excluding steroid dienone is 2. The lowest BCUT2D eigenvalue weighted by molar-refractivity contribution is 0.0970. The van der Waals surface area contributed by atoms with Gasteiger partial charge in [-0.05, 0) is 12.3 Å². The van der Waals surface area contributed by atoms with Crippen LogP contribution < -0.4 is 5.32 Å². The minimum absolute atomic E-state index is 0.136. The molecule has 0 aromatic carbocycles. The van der Waals surface area contributed by atoms with Gasteiger partial charge in [-0.1, -0.05) is 13.8 Å². The maximum absolute atomic E-state index is 12.1. The lowest BCUT2D eigenvalue weighted by Crippen LogP contribution is -2.29. The monoisotopic (exact) mass is 245 g/mol.